The molecular formula is C7H10N4O. The SMILES string of the molecule is CCc1ncc(C(=O)NN)cn1. The monoisotopic (exact) mass is 166 g/mol. The van der Waals surface area contributed by atoms with Gasteiger partial charge in [0.15, 0.2) is 0 Å². The van der Waals surface area contributed by atoms with Crippen molar-refractivity contribution in [3.05, 3.63) is 23.8 Å². The van der Waals surface area contributed by atoms with E-state index in [1.165, 1.54) is 12.4 Å². The van der Waals surface area contributed by atoms with E-state index in [1.807, 2.05) is 12.3 Å². The van der Waals surface area contributed by atoms with E-state index < -0.39 is 0 Å². The van der Waals surface area contributed by atoms with Crippen LogP contribution in [-0.2, 0) is 6.42 Å². The van der Waals surface area contributed by atoms with Crippen LogP contribution in [0.2, 0.25) is 0 Å². The fourth-order valence-electron chi connectivity index (χ4n) is 0.738. The first-order chi connectivity index (χ1) is 5.77. The number of nitrogen functional groups attached to an aromatic ring is 1. The minimum atomic E-state index is -0.377. The van der Waals surface area contributed by atoms with Gasteiger partial charge in [0, 0.05) is 18.8 Å². The summed E-state index contributed by atoms with van der Waals surface area (Å²) in [6, 6.07) is 0. The van der Waals surface area contributed by atoms with Gasteiger partial charge in [-0.3, -0.25) is 10.2 Å². The molecule has 0 saturated heterocycles. The Morgan fingerprint density at radius 2 is 2.17 bits per heavy atom. The van der Waals surface area contributed by atoms with Gasteiger partial charge in [-0.15, -0.1) is 0 Å². The zero-order valence-electron chi connectivity index (χ0n) is 6.74. The van der Waals surface area contributed by atoms with Crippen molar-refractivity contribution >= 4 is 5.91 Å². The van der Waals surface area contributed by atoms with Crippen LogP contribution >= 0.6 is 0 Å². The van der Waals surface area contributed by atoms with E-state index in [1.54, 1.807) is 0 Å². The van der Waals surface area contributed by atoms with Gasteiger partial charge in [0.2, 0.25) is 0 Å². The lowest BCUT2D eigenvalue weighted by Gasteiger charge is -1.98. The molecule has 0 spiro atoms. The summed E-state index contributed by atoms with van der Waals surface area (Å²) < 4.78 is 0. The van der Waals surface area contributed by atoms with Crippen LogP contribution in [-0.4, -0.2) is 15.9 Å². The molecular weight excluding hydrogens is 156 g/mol. The van der Waals surface area contributed by atoms with E-state index in [2.05, 4.69) is 9.97 Å². The molecule has 0 aliphatic heterocycles. The van der Waals surface area contributed by atoms with Gasteiger partial charge < -0.3 is 0 Å². The summed E-state index contributed by atoms with van der Waals surface area (Å²) in [7, 11) is 0. The Hall–Kier alpha value is -1.49. The van der Waals surface area contributed by atoms with E-state index in [0.717, 1.165) is 6.42 Å². The van der Waals surface area contributed by atoms with E-state index >= 15 is 0 Å². The molecule has 1 heterocycles. The van der Waals surface area contributed by atoms with Crippen molar-refractivity contribution in [3.8, 4) is 0 Å². The predicted octanol–water partition coefficient (Wildman–Crippen LogP) is -0.358. The zero-order chi connectivity index (χ0) is 8.97. The number of nitrogens with one attached hydrogen (secondary N) is 1. The van der Waals surface area contributed by atoms with E-state index in [0.29, 0.717) is 11.4 Å². The van der Waals surface area contributed by atoms with Crippen LogP contribution in [0.3, 0.4) is 0 Å². The summed E-state index contributed by atoms with van der Waals surface area (Å²) in [6.45, 7) is 1.94. The Bertz CT molecular complexity index is 269. The van der Waals surface area contributed by atoms with Crippen molar-refractivity contribution in [3.63, 3.8) is 0 Å². The number of carbonyl (C=O) groups is 1. The molecule has 0 aromatic carbocycles. The topological polar surface area (TPSA) is 80.9 Å². The average molecular weight is 166 g/mol. The van der Waals surface area contributed by atoms with E-state index in [9.17, 15) is 4.79 Å². The number of carbonyl (C=O) groups excluding carboxylic acids is 1. The first-order valence-corrected chi connectivity index (χ1v) is 3.59. The maximum atomic E-state index is 10.9. The second-order valence-corrected chi connectivity index (χ2v) is 2.21. The van der Waals surface area contributed by atoms with Gasteiger partial charge in [0.05, 0.1) is 5.56 Å². The Morgan fingerprint density at radius 3 is 2.58 bits per heavy atom. The van der Waals surface area contributed by atoms with Crippen LogP contribution in [0.15, 0.2) is 12.4 Å². The van der Waals surface area contributed by atoms with E-state index in [4.69, 9.17) is 5.84 Å². The maximum Gasteiger partial charge on any atom is 0.268 e. The number of rotatable bonds is 2. The first kappa shape index (κ1) is 8.61. The smallest absolute Gasteiger partial charge is 0.268 e. The lowest BCUT2D eigenvalue weighted by atomic mass is 10.3. The number of aromatic nitrogens is 2. The van der Waals surface area contributed by atoms with Crippen LogP contribution in [0, 0.1) is 0 Å². The maximum absolute atomic E-state index is 10.9. The molecule has 0 atom stereocenters. The summed E-state index contributed by atoms with van der Waals surface area (Å²) >= 11 is 0. The molecule has 1 rings (SSSR count). The van der Waals surface area contributed by atoms with Crippen molar-refractivity contribution in [1.29, 1.82) is 0 Å². The van der Waals surface area contributed by atoms with Crippen molar-refractivity contribution in [1.82, 2.24) is 15.4 Å². The lowest BCUT2D eigenvalue weighted by molar-refractivity contribution is 0.0953. The second-order valence-electron chi connectivity index (χ2n) is 2.21. The summed E-state index contributed by atoms with van der Waals surface area (Å²) in [5.41, 5.74) is 2.37. The van der Waals surface area contributed by atoms with Gasteiger partial charge in [0.1, 0.15) is 5.82 Å². The Kier molecular flexibility index (Phi) is 2.71. The summed E-state index contributed by atoms with van der Waals surface area (Å²) in [5.74, 6) is 5.25. The first-order valence-electron chi connectivity index (χ1n) is 3.59. The molecule has 0 unspecified atom stereocenters. The molecule has 0 bridgehead atoms. The minimum absolute atomic E-state index is 0.370. The van der Waals surface area contributed by atoms with Gasteiger partial charge in [-0.1, -0.05) is 6.92 Å². The van der Waals surface area contributed by atoms with Crippen LogP contribution in [0.1, 0.15) is 23.1 Å². The second kappa shape index (κ2) is 3.77. The highest BCUT2D eigenvalue weighted by atomic mass is 16.2. The number of hydrogen-bond donors (Lipinski definition) is 2. The van der Waals surface area contributed by atoms with Gasteiger partial charge in [0.25, 0.3) is 5.91 Å². The highest BCUT2D eigenvalue weighted by Gasteiger charge is 2.03. The third-order valence-electron chi connectivity index (χ3n) is 1.41. The van der Waals surface area contributed by atoms with E-state index in [-0.39, 0.29) is 5.91 Å². The van der Waals surface area contributed by atoms with Gasteiger partial charge in [-0.25, -0.2) is 15.8 Å². The van der Waals surface area contributed by atoms with Crippen molar-refractivity contribution < 1.29 is 4.79 Å². The summed E-state index contributed by atoms with van der Waals surface area (Å²) in [4.78, 5) is 18.8. The third kappa shape index (κ3) is 1.76. The molecule has 0 aliphatic carbocycles. The van der Waals surface area contributed by atoms with Gasteiger partial charge in [-0.2, -0.15) is 0 Å². The highest BCUT2D eigenvalue weighted by Crippen LogP contribution is 1.95. The molecule has 0 radical (unpaired) electrons. The summed E-state index contributed by atoms with van der Waals surface area (Å²) in [5, 5.41) is 0. The third-order valence-corrected chi connectivity index (χ3v) is 1.41. The number of hydrogen-bond acceptors (Lipinski definition) is 4. The molecule has 12 heavy (non-hydrogen) atoms. The molecule has 0 fully saturated rings. The molecule has 5 heteroatoms. The van der Waals surface area contributed by atoms with Crippen molar-refractivity contribution in [2.24, 2.45) is 5.84 Å². The molecule has 0 saturated carbocycles. The van der Waals surface area contributed by atoms with Crippen molar-refractivity contribution in [2.45, 2.75) is 13.3 Å². The fraction of sp³-hybridized carbons (Fsp3) is 0.286. The van der Waals surface area contributed by atoms with Crippen LogP contribution < -0.4 is 11.3 Å². The quantitative estimate of drug-likeness (QED) is 0.357. The molecule has 5 nitrogen and oxygen atoms in total. The number of amides is 1. The van der Waals surface area contributed by atoms with Gasteiger partial charge in [-0.05, 0) is 0 Å². The average Bonchev–Trinajstić information content (AvgIpc) is 2.17. The Balaban J connectivity index is 2.84. The Morgan fingerprint density at radius 1 is 1.58 bits per heavy atom. The van der Waals surface area contributed by atoms with Crippen LogP contribution in [0.25, 0.3) is 0 Å². The Labute approximate surface area is 70.0 Å². The molecule has 0 aliphatic rings. The fourth-order valence-corrected chi connectivity index (χ4v) is 0.738. The molecule has 1 aromatic rings. The van der Waals surface area contributed by atoms with Crippen LogP contribution in [0.5, 0.6) is 0 Å². The minimum Gasteiger partial charge on any atom is -0.290 e. The molecule has 3 N–H and O–H groups in total. The number of nitrogens with zero attached hydrogens (tertiary/aromatic N) is 2. The molecule has 1 amide bonds. The summed E-state index contributed by atoms with van der Waals surface area (Å²) in [6.07, 6.45) is 3.66. The zero-order valence-corrected chi connectivity index (χ0v) is 6.74. The number of hydrazine groups is 1. The number of aryl methyl sites for hydroxylation is 1. The normalized spacial score (nSPS) is 9.50. The largest absolute Gasteiger partial charge is 0.290 e. The standard InChI is InChI=1S/C7H10N4O/c1-2-6-9-3-5(4-10-6)7(12)11-8/h3-4H,2,8H2,1H3,(H,11,12). The molecule has 1 aromatic heterocycles. The lowest BCUT2D eigenvalue weighted by Crippen LogP contribution is -2.30. The van der Waals surface area contributed by atoms with Crippen LogP contribution in [0.4, 0.5) is 0 Å². The van der Waals surface area contributed by atoms with Gasteiger partial charge >= 0.3 is 0 Å². The van der Waals surface area contributed by atoms with Crippen molar-refractivity contribution in [2.75, 3.05) is 0 Å². The molecule has 64 valence electrons. The highest BCUT2D eigenvalue weighted by molar-refractivity contribution is 5.93. The number of nitrogens with two attached hydrogens (primary N) is 1. The predicted molar refractivity (Wildman–Crippen MR) is 43.1 cm³/mol.